The van der Waals surface area contributed by atoms with Gasteiger partial charge in [0.15, 0.2) is 0 Å². The Kier molecular flexibility index (Phi) is 9.54. The molecular formula is C24H26N4O4S. The fourth-order valence-corrected chi connectivity index (χ4v) is 3.13. The number of nitrogen functional groups attached to an aromatic ring is 3. The molecule has 0 atom stereocenters. The number of thiophene rings is 1. The van der Waals surface area contributed by atoms with Crippen LogP contribution in [0, 0.1) is 6.92 Å². The van der Waals surface area contributed by atoms with Crippen molar-refractivity contribution < 1.29 is 19.1 Å². The Morgan fingerprint density at radius 1 is 0.909 bits per heavy atom. The van der Waals surface area contributed by atoms with Gasteiger partial charge in [-0.1, -0.05) is 6.07 Å². The molecule has 0 spiro atoms. The van der Waals surface area contributed by atoms with Crippen molar-refractivity contribution in [3.63, 3.8) is 0 Å². The number of hydrogen-bond acceptors (Lipinski definition) is 7. The van der Waals surface area contributed by atoms with Gasteiger partial charge in [0, 0.05) is 33.2 Å². The van der Waals surface area contributed by atoms with Gasteiger partial charge in [-0.3, -0.25) is 4.79 Å². The van der Waals surface area contributed by atoms with Gasteiger partial charge in [0.25, 0.3) is 0 Å². The molecule has 0 saturated carbocycles. The Morgan fingerprint density at radius 3 is 1.85 bits per heavy atom. The van der Waals surface area contributed by atoms with E-state index in [1.165, 1.54) is 6.26 Å². The molecule has 8 N–H and O–H groups in total. The number of aryl methyl sites for hydroxylation is 1. The van der Waals surface area contributed by atoms with Crippen molar-refractivity contribution >= 4 is 46.0 Å². The number of carbonyl (C=O) groups is 2. The van der Waals surface area contributed by atoms with Crippen LogP contribution < -0.4 is 22.5 Å². The number of rotatable bonds is 4. The third-order valence-electron chi connectivity index (χ3n) is 4.10. The lowest BCUT2D eigenvalue weighted by atomic mass is 10.2. The smallest absolute Gasteiger partial charge is 0.372 e. The summed E-state index contributed by atoms with van der Waals surface area (Å²) in [7, 11) is 0. The first-order valence-corrected chi connectivity index (χ1v) is 10.7. The quantitative estimate of drug-likeness (QED) is 0.274. The lowest BCUT2D eigenvalue weighted by molar-refractivity contribution is -0.115. The van der Waals surface area contributed by atoms with E-state index in [2.05, 4.69) is 9.73 Å². The predicted molar refractivity (Wildman–Crippen MR) is 133 cm³/mol. The molecule has 0 bridgehead atoms. The van der Waals surface area contributed by atoms with Gasteiger partial charge in [-0.2, -0.15) is 0 Å². The zero-order chi connectivity index (χ0) is 24.2. The van der Waals surface area contributed by atoms with E-state index < -0.39 is 5.97 Å². The molecule has 0 saturated heterocycles. The molecule has 172 valence electrons. The van der Waals surface area contributed by atoms with E-state index in [9.17, 15) is 9.59 Å². The average Bonchev–Trinajstić information content (AvgIpc) is 3.44. The molecule has 1 amide bonds. The summed E-state index contributed by atoms with van der Waals surface area (Å²) in [5, 5.41) is 13.1. The Balaban J connectivity index is 0.000000192. The number of anilines is 4. The molecule has 4 aromatic rings. The van der Waals surface area contributed by atoms with Crippen LogP contribution in [0.4, 0.5) is 22.7 Å². The first-order valence-electron chi connectivity index (χ1n) is 9.80. The molecule has 8 nitrogen and oxygen atoms in total. The molecule has 0 aliphatic heterocycles. The second kappa shape index (κ2) is 12.6. The summed E-state index contributed by atoms with van der Waals surface area (Å²) in [5.74, 6) is -1.00. The molecule has 0 fully saturated rings. The number of amides is 1. The summed E-state index contributed by atoms with van der Waals surface area (Å²) in [4.78, 5) is 22.9. The summed E-state index contributed by atoms with van der Waals surface area (Å²) in [6, 6.07) is 19.7. The zero-order valence-electron chi connectivity index (χ0n) is 18.0. The van der Waals surface area contributed by atoms with Gasteiger partial charge in [-0.25, -0.2) is 4.79 Å². The first kappa shape index (κ1) is 25.0. The van der Waals surface area contributed by atoms with Crippen molar-refractivity contribution in [2.75, 3.05) is 22.5 Å². The second-order valence-corrected chi connectivity index (χ2v) is 7.86. The predicted octanol–water partition coefficient (Wildman–Crippen LogP) is 4.65. The third kappa shape index (κ3) is 9.19. The van der Waals surface area contributed by atoms with Crippen LogP contribution in [-0.2, 0) is 11.2 Å². The van der Waals surface area contributed by atoms with Crippen molar-refractivity contribution in [2.24, 2.45) is 0 Å². The van der Waals surface area contributed by atoms with Gasteiger partial charge in [0.2, 0.25) is 11.7 Å². The second-order valence-electron chi connectivity index (χ2n) is 6.83. The number of carbonyl (C=O) groups excluding carboxylic acids is 1. The van der Waals surface area contributed by atoms with Crippen LogP contribution in [-0.4, -0.2) is 17.0 Å². The van der Waals surface area contributed by atoms with Gasteiger partial charge in [-0.05, 0) is 73.0 Å². The number of nitrogens with two attached hydrogens (primary N) is 3. The van der Waals surface area contributed by atoms with Crippen LogP contribution in [0.2, 0.25) is 0 Å². The molecule has 0 aliphatic carbocycles. The summed E-state index contributed by atoms with van der Waals surface area (Å²) < 4.78 is 4.63. The standard InChI is InChI=1S/C12H12N2OS.C6H8N2.C6H6O3/c13-9-3-5-10(6-4-9)14-12(15)8-11-2-1-7-16-11;7-5-1-2-6(8)4-3-5;1-4-2-3-9-5(4)6(7)8/h1-7H,8,13H2,(H,14,15);1-4H,7-8H2;2-3H,1H3,(H,7,8). The van der Waals surface area contributed by atoms with Gasteiger partial charge < -0.3 is 32.0 Å². The maximum atomic E-state index is 11.6. The van der Waals surface area contributed by atoms with Crippen LogP contribution in [0.25, 0.3) is 0 Å². The highest BCUT2D eigenvalue weighted by Crippen LogP contribution is 2.13. The summed E-state index contributed by atoms with van der Waals surface area (Å²) in [6.45, 7) is 1.69. The lowest BCUT2D eigenvalue weighted by Crippen LogP contribution is -2.13. The van der Waals surface area contributed by atoms with Crippen LogP contribution in [0.3, 0.4) is 0 Å². The van der Waals surface area contributed by atoms with E-state index in [0.29, 0.717) is 17.7 Å². The summed E-state index contributed by atoms with van der Waals surface area (Å²) in [6.07, 6.45) is 1.78. The maximum absolute atomic E-state index is 11.6. The zero-order valence-corrected chi connectivity index (χ0v) is 18.8. The number of furan rings is 1. The van der Waals surface area contributed by atoms with E-state index in [1.807, 2.05) is 17.5 Å². The van der Waals surface area contributed by atoms with E-state index in [-0.39, 0.29) is 11.7 Å². The van der Waals surface area contributed by atoms with Crippen molar-refractivity contribution in [3.8, 4) is 0 Å². The maximum Gasteiger partial charge on any atom is 0.372 e. The van der Waals surface area contributed by atoms with Crippen molar-refractivity contribution in [3.05, 3.63) is 94.6 Å². The Bertz CT molecular complexity index is 1120. The number of benzene rings is 2. The minimum Gasteiger partial charge on any atom is -0.475 e. The van der Waals surface area contributed by atoms with Crippen LogP contribution in [0.15, 0.2) is 82.8 Å². The lowest BCUT2D eigenvalue weighted by Gasteiger charge is -2.04. The highest BCUT2D eigenvalue weighted by molar-refractivity contribution is 7.10. The molecule has 33 heavy (non-hydrogen) atoms. The summed E-state index contributed by atoms with van der Waals surface area (Å²) in [5.41, 5.74) is 19.9. The van der Waals surface area contributed by atoms with Gasteiger partial charge in [0.05, 0.1) is 12.7 Å². The first-order chi connectivity index (χ1) is 15.7. The van der Waals surface area contributed by atoms with E-state index in [1.54, 1.807) is 72.9 Å². The van der Waals surface area contributed by atoms with E-state index >= 15 is 0 Å². The number of hydrogen-bond donors (Lipinski definition) is 5. The minimum atomic E-state index is -1.02. The average molecular weight is 467 g/mol. The largest absolute Gasteiger partial charge is 0.475 e. The molecule has 0 radical (unpaired) electrons. The fraction of sp³-hybridized carbons (Fsp3) is 0.0833. The topological polar surface area (TPSA) is 158 Å². The van der Waals surface area contributed by atoms with E-state index in [4.69, 9.17) is 22.3 Å². The van der Waals surface area contributed by atoms with Crippen molar-refractivity contribution in [2.45, 2.75) is 13.3 Å². The monoisotopic (exact) mass is 466 g/mol. The Labute approximate surface area is 195 Å². The number of aromatic carboxylic acids is 1. The van der Waals surface area contributed by atoms with Gasteiger partial charge in [-0.15, -0.1) is 11.3 Å². The van der Waals surface area contributed by atoms with Crippen LogP contribution >= 0.6 is 11.3 Å². The molecule has 4 rings (SSSR count). The highest BCUT2D eigenvalue weighted by Gasteiger charge is 2.08. The molecule has 9 heteroatoms. The van der Waals surface area contributed by atoms with Crippen molar-refractivity contribution in [1.29, 1.82) is 0 Å². The minimum absolute atomic E-state index is 0.00720. The third-order valence-corrected chi connectivity index (χ3v) is 4.98. The Morgan fingerprint density at radius 2 is 1.45 bits per heavy atom. The molecule has 2 aromatic heterocycles. The number of carboxylic acid groups (broad SMARTS) is 1. The highest BCUT2D eigenvalue weighted by atomic mass is 32.1. The molecule has 2 heterocycles. The van der Waals surface area contributed by atoms with E-state index in [0.717, 1.165) is 21.9 Å². The molecule has 0 aliphatic rings. The summed E-state index contributed by atoms with van der Waals surface area (Å²) >= 11 is 1.58. The van der Waals surface area contributed by atoms with Crippen LogP contribution in [0.5, 0.6) is 0 Å². The SMILES string of the molecule is Cc1ccoc1C(=O)O.Nc1ccc(N)cc1.Nc1ccc(NC(=O)Cc2cccs2)cc1. The van der Waals surface area contributed by atoms with Crippen molar-refractivity contribution in [1.82, 2.24) is 0 Å². The van der Waals surface area contributed by atoms with Crippen LogP contribution in [0.1, 0.15) is 21.0 Å². The Hall–Kier alpha value is -4.24. The fourth-order valence-electron chi connectivity index (χ4n) is 2.43. The van der Waals surface area contributed by atoms with Gasteiger partial charge >= 0.3 is 5.97 Å². The molecular weight excluding hydrogens is 440 g/mol. The molecule has 0 unspecified atom stereocenters. The normalized spacial score (nSPS) is 9.61. The molecule has 2 aromatic carbocycles. The van der Waals surface area contributed by atoms with Gasteiger partial charge in [0.1, 0.15) is 0 Å². The number of nitrogens with one attached hydrogen (secondary N) is 1. The number of carboxylic acids is 1.